The lowest BCUT2D eigenvalue weighted by Crippen LogP contribution is -2.36. The number of aryl methyl sites for hydroxylation is 1. The van der Waals surface area contributed by atoms with Crippen molar-refractivity contribution < 1.29 is 4.79 Å². The third-order valence-electron chi connectivity index (χ3n) is 5.66. The number of rotatable bonds is 5. The maximum Gasteiger partial charge on any atom is 0.153 e. The van der Waals surface area contributed by atoms with E-state index in [2.05, 4.69) is 54.9 Å². The number of hydrogen-bond acceptors (Lipinski definition) is 4. The molecule has 4 heteroatoms. The molecular weight excluding hydrogens is 340 g/mol. The van der Waals surface area contributed by atoms with E-state index in [0.717, 1.165) is 18.0 Å². The standard InChI is InChI=1S/C22H26N2OS/c1-13-6-5-7-19(15(13)3)23-11-18-10-14(2)24-20(16(4)25)12-26-22(24)21(18)17-8-9-17/h5-7,10,17,20,23H,2,8-9,11-12H2,1,3-4H3/t20-/m0/s1. The molecule has 1 N–H and O–H groups in total. The molecule has 2 aliphatic heterocycles. The van der Waals surface area contributed by atoms with E-state index in [4.69, 9.17) is 0 Å². The number of nitrogens with zero attached hydrogens (tertiary/aromatic N) is 1. The first-order valence-electron chi connectivity index (χ1n) is 9.34. The van der Waals surface area contributed by atoms with Gasteiger partial charge in [-0.3, -0.25) is 4.79 Å². The van der Waals surface area contributed by atoms with E-state index in [1.54, 1.807) is 6.92 Å². The minimum absolute atomic E-state index is 0.0546. The SMILES string of the molecule is C=C1C=C(CNc2cccc(C)c2C)C(C2CC2)=C2SC[C@@H](C(C)=O)N12. The molecule has 0 radical (unpaired) electrons. The molecule has 4 rings (SSSR count). The second-order valence-corrected chi connectivity index (χ2v) is 8.57. The molecular formula is C22H26N2OS. The second kappa shape index (κ2) is 6.66. The van der Waals surface area contributed by atoms with Gasteiger partial charge in [0.1, 0.15) is 6.04 Å². The molecule has 3 nitrogen and oxygen atoms in total. The van der Waals surface area contributed by atoms with Crippen LogP contribution in [-0.4, -0.2) is 29.0 Å². The van der Waals surface area contributed by atoms with E-state index < -0.39 is 0 Å². The molecule has 0 amide bonds. The van der Waals surface area contributed by atoms with E-state index in [-0.39, 0.29) is 11.8 Å². The normalized spacial score (nSPS) is 22.4. The predicted octanol–water partition coefficient (Wildman–Crippen LogP) is 4.80. The number of Topliss-reactive ketones (excluding diaryl/α,β-unsaturated/α-hetero) is 1. The van der Waals surface area contributed by atoms with Crippen LogP contribution in [0.15, 0.2) is 52.7 Å². The Morgan fingerprint density at radius 1 is 1.35 bits per heavy atom. The summed E-state index contributed by atoms with van der Waals surface area (Å²) < 4.78 is 0. The average Bonchev–Trinajstić information content (AvgIpc) is 3.33. The number of allylic oxidation sites excluding steroid dienone is 1. The van der Waals surface area contributed by atoms with Gasteiger partial charge in [-0.05, 0) is 73.9 Å². The molecule has 1 atom stereocenters. The van der Waals surface area contributed by atoms with Crippen molar-refractivity contribution in [3.05, 3.63) is 63.9 Å². The molecule has 0 unspecified atom stereocenters. The van der Waals surface area contributed by atoms with E-state index in [1.807, 2.05) is 11.8 Å². The average molecular weight is 367 g/mol. The second-order valence-electron chi connectivity index (χ2n) is 7.56. The molecule has 3 aliphatic rings. The lowest BCUT2D eigenvalue weighted by atomic mass is 9.96. The van der Waals surface area contributed by atoms with Crippen molar-refractivity contribution in [3.8, 4) is 0 Å². The highest BCUT2D eigenvalue weighted by atomic mass is 32.2. The minimum atomic E-state index is -0.0546. The molecule has 26 heavy (non-hydrogen) atoms. The van der Waals surface area contributed by atoms with Crippen LogP contribution in [0, 0.1) is 19.8 Å². The number of carbonyl (C=O) groups is 1. The zero-order valence-electron chi connectivity index (χ0n) is 15.8. The number of hydrogen-bond donors (Lipinski definition) is 1. The summed E-state index contributed by atoms with van der Waals surface area (Å²) in [5.74, 6) is 1.71. The van der Waals surface area contributed by atoms with Crippen LogP contribution in [0.1, 0.15) is 30.9 Å². The van der Waals surface area contributed by atoms with E-state index >= 15 is 0 Å². The van der Waals surface area contributed by atoms with Gasteiger partial charge in [-0.15, -0.1) is 11.8 Å². The van der Waals surface area contributed by atoms with Gasteiger partial charge in [-0.2, -0.15) is 0 Å². The Hall–Kier alpha value is -1.94. The fourth-order valence-electron chi connectivity index (χ4n) is 3.85. The largest absolute Gasteiger partial charge is 0.381 e. The Morgan fingerprint density at radius 3 is 2.81 bits per heavy atom. The summed E-state index contributed by atoms with van der Waals surface area (Å²) in [6, 6.07) is 6.34. The first-order chi connectivity index (χ1) is 12.5. The van der Waals surface area contributed by atoms with Gasteiger partial charge in [0.05, 0.1) is 5.03 Å². The van der Waals surface area contributed by atoms with Gasteiger partial charge in [0.2, 0.25) is 0 Å². The quantitative estimate of drug-likeness (QED) is 0.811. The van der Waals surface area contributed by atoms with Gasteiger partial charge >= 0.3 is 0 Å². The number of fused-ring (bicyclic) bond motifs is 1. The van der Waals surface area contributed by atoms with E-state index in [1.165, 1.54) is 45.8 Å². The number of anilines is 1. The fraction of sp³-hybridized carbons (Fsp3) is 0.409. The minimum Gasteiger partial charge on any atom is -0.381 e. The van der Waals surface area contributed by atoms with Crippen molar-refractivity contribution in [1.29, 1.82) is 0 Å². The molecule has 2 fully saturated rings. The molecule has 136 valence electrons. The number of benzene rings is 1. The first kappa shape index (κ1) is 17.5. The first-order valence-corrected chi connectivity index (χ1v) is 10.3. The van der Waals surface area contributed by atoms with Crippen LogP contribution >= 0.6 is 11.8 Å². The van der Waals surface area contributed by atoms with Crippen molar-refractivity contribution >= 4 is 23.2 Å². The molecule has 1 aliphatic carbocycles. The highest BCUT2D eigenvalue weighted by Crippen LogP contribution is 2.51. The van der Waals surface area contributed by atoms with Crippen molar-refractivity contribution in [2.24, 2.45) is 5.92 Å². The molecule has 0 spiro atoms. The topological polar surface area (TPSA) is 32.3 Å². The van der Waals surface area contributed by atoms with Crippen LogP contribution in [0.2, 0.25) is 0 Å². The summed E-state index contributed by atoms with van der Waals surface area (Å²) >= 11 is 1.83. The Kier molecular flexibility index (Phi) is 4.47. The van der Waals surface area contributed by atoms with E-state index in [9.17, 15) is 4.79 Å². The summed E-state index contributed by atoms with van der Waals surface area (Å²) in [7, 11) is 0. The van der Waals surface area contributed by atoms with Crippen LogP contribution in [-0.2, 0) is 4.79 Å². The lowest BCUT2D eigenvalue weighted by Gasteiger charge is -2.33. The zero-order valence-corrected chi connectivity index (χ0v) is 16.6. The van der Waals surface area contributed by atoms with Gasteiger partial charge in [0, 0.05) is 23.7 Å². The van der Waals surface area contributed by atoms with Gasteiger partial charge in [-0.25, -0.2) is 0 Å². The van der Waals surface area contributed by atoms with Crippen molar-refractivity contribution in [2.75, 3.05) is 17.6 Å². The molecule has 1 aromatic carbocycles. The number of thioether (sulfide) groups is 1. The van der Waals surface area contributed by atoms with Crippen LogP contribution in [0.4, 0.5) is 5.69 Å². The summed E-state index contributed by atoms with van der Waals surface area (Å²) in [6.07, 6.45) is 4.70. The van der Waals surface area contributed by atoms with Crippen LogP contribution < -0.4 is 5.32 Å². The summed E-state index contributed by atoms with van der Waals surface area (Å²) in [4.78, 5) is 14.2. The lowest BCUT2D eigenvalue weighted by molar-refractivity contribution is -0.119. The van der Waals surface area contributed by atoms with Gasteiger partial charge in [0.15, 0.2) is 5.78 Å². The Balaban J connectivity index is 1.62. The smallest absolute Gasteiger partial charge is 0.153 e. The molecule has 1 aromatic rings. The molecule has 1 saturated heterocycles. The molecule has 0 bridgehead atoms. The summed E-state index contributed by atoms with van der Waals surface area (Å²) in [5.41, 5.74) is 7.54. The van der Waals surface area contributed by atoms with Gasteiger partial charge in [-0.1, -0.05) is 18.7 Å². The number of nitrogens with one attached hydrogen (secondary N) is 1. The third kappa shape index (κ3) is 3.01. The van der Waals surface area contributed by atoms with Crippen molar-refractivity contribution in [2.45, 2.75) is 39.7 Å². The van der Waals surface area contributed by atoms with Gasteiger partial charge < -0.3 is 10.2 Å². The number of ketones is 1. The Bertz CT molecular complexity index is 848. The highest BCUT2D eigenvalue weighted by Gasteiger charge is 2.42. The fourth-order valence-corrected chi connectivity index (χ4v) is 5.39. The van der Waals surface area contributed by atoms with Crippen LogP contribution in [0.3, 0.4) is 0 Å². The number of carbonyl (C=O) groups excluding carboxylic acids is 1. The predicted molar refractivity (Wildman–Crippen MR) is 110 cm³/mol. The highest BCUT2D eigenvalue weighted by molar-refractivity contribution is 8.03. The molecule has 1 saturated carbocycles. The summed E-state index contributed by atoms with van der Waals surface area (Å²) in [5, 5.41) is 4.91. The summed E-state index contributed by atoms with van der Waals surface area (Å²) in [6.45, 7) is 11.1. The Labute approximate surface area is 160 Å². The maximum absolute atomic E-state index is 12.0. The zero-order chi connectivity index (χ0) is 18.4. The van der Waals surface area contributed by atoms with Crippen LogP contribution in [0.5, 0.6) is 0 Å². The third-order valence-corrected chi connectivity index (χ3v) is 6.84. The van der Waals surface area contributed by atoms with Crippen molar-refractivity contribution in [3.63, 3.8) is 0 Å². The Morgan fingerprint density at radius 2 is 2.12 bits per heavy atom. The monoisotopic (exact) mass is 366 g/mol. The van der Waals surface area contributed by atoms with Crippen LogP contribution in [0.25, 0.3) is 0 Å². The van der Waals surface area contributed by atoms with E-state index in [0.29, 0.717) is 5.92 Å². The molecule has 2 heterocycles. The van der Waals surface area contributed by atoms with Gasteiger partial charge in [0.25, 0.3) is 0 Å². The maximum atomic E-state index is 12.0. The van der Waals surface area contributed by atoms with Crippen molar-refractivity contribution in [1.82, 2.24) is 4.90 Å². The molecule has 0 aromatic heterocycles.